The van der Waals surface area contributed by atoms with Gasteiger partial charge in [-0.25, -0.2) is 15.0 Å². The van der Waals surface area contributed by atoms with Gasteiger partial charge in [-0.2, -0.15) is 0 Å². The SMILES string of the molecule is [2H]c1c([2H])c(C([2H])([2H])[2H])c(Nc2nccc(-c3cccnc3)n2)c([2H])c1C(=O)Nc1cc(C)cc(-n2cnc(C)c2)c1. The van der Waals surface area contributed by atoms with E-state index in [1.165, 1.54) is 6.20 Å². The first-order chi connectivity index (χ1) is 19.9. The summed E-state index contributed by atoms with van der Waals surface area (Å²) in [5.74, 6) is -0.903. The van der Waals surface area contributed by atoms with Crippen LogP contribution < -0.4 is 10.6 Å². The largest absolute Gasteiger partial charge is 0.324 e. The van der Waals surface area contributed by atoms with Gasteiger partial charge >= 0.3 is 0 Å². The highest BCUT2D eigenvalue weighted by atomic mass is 16.1. The van der Waals surface area contributed by atoms with Crippen molar-refractivity contribution in [2.45, 2.75) is 20.7 Å². The van der Waals surface area contributed by atoms with Crippen molar-refractivity contribution in [1.29, 1.82) is 0 Å². The first-order valence-corrected chi connectivity index (χ1v) is 11.0. The molecule has 36 heavy (non-hydrogen) atoms. The van der Waals surface area contributed by atoms with Crippen LogP contribution in [0.1, 0.15) is 35.4 Å². The zero-order valence-electron chi connectivity index (χ0n) is 25.5. The fraction of sp³-hybridized carbons (Fsp3) is 0.107. The van der Waals surface area contributed by atoms with E-state index >= 15 is 0 Å². The summed E-state index contributed by atoms with van der Waals surface area (Å²) in [6.07, 6.45) is 8.12. The van der Waals surface area contributed by atoms with Crippen LogP contribution in [0, 0.1) is 20.7 Å². The van der Waals surface area contributed by atoms with E-state index in [0.717, 1.165) is 16.9 Å². The van der Waals surface area contributed by atoms with E-state index in [-0.39, 0.29) is 11.6 Å². The lowest BCUT2D eigenvalue weighted by atomic mass is 10.1. The Hall–Kier alpha value is -4.85. The zero-order valence-corrected chi connectivity index (χ0v) is 19.5. The first kappa shape index (κ1) is 16.7. The molecule has 0 fully saturated rings. The molecule has 0 spiro atoms. The Kier molecular flexibility index (Phi) is 4.55. The monoisotopic (exact) mass is 481 g/mol. The van der Waals surface area contributed by atoms with Gasteiger partial charge in [-0.05, 0) is 80.3 Å². The van der Waals surface area contributed by atoms with Gasteiger partial charge in [0.2, 0.25) is 5.95 Å². The maximum absolute atomic E-state index is 13.5. The summed E-state index contributed by atoms with van der Waals surface area (Å²) in [6, 6.07) is 8.51. The minimum atomic E-state index is -2.88. The van der Waals surface area contributed by atoms with Gasteiger partial charge in [0.1, 0.15) is 0 Å². The van der Waals surface area contributed by atoms with Crippen LogP contribution in [0.3, 0.4) is 0 Å². The standard InChI is InChI=1S/C28H25N7O/c1-18-11-23(14-24(12-18)35-16-20(3)31-17-35)32-27(36)21-7-6-19(2)26(13-21)34-28-30-10-8-25(33-28)22-5-4-9-29-15-22/h4-17H,1-3H3,(H,32,36)(H,30,33,34)/i2D3,6D,7D,13D. The summed E-state index contributed by atoms with van der Waals surface area (Å²) in [7, 11) is 0. The number of carbonyl (C=O) groups is 1. The number of rotatable bonds is 6. The van der Waals surface area contributed by atoms with E-state index in [2.05, 4.69) is 30.6 Å². The molecule has 0 atom stereocenters. The zero-order chi connectivity index (χ0) is 30.2. The first-order valence-electron chi connectivity index (χ1n) is 14.0. The van der Waals surface area contributed by atoms with Crippen LogP contribution in [0.5, 0.6) is 0 Å². The number of nitrogens with one attached hydrogen (secondary N) is 2. The van der Waals surface area contributed by atoms with Gasteiger partial charge in [0.15, 0.2) is 0 Å². The smallest absolute Gasteiger partial charge is 0.255 e. The second kappa shape index (κ2) is 9.79. The highest BCUT2D eigenvalue weighted by Crippen LogP contribution is 2.24. The van der Waals surface area contributed by atoms with Gasteiger partial charge in [0, 0.05) is 57.1 Å². The Labute approximate surface area is 217 Å². The van der Waals surface area contributed by atoms with Crippen LogP contribution >= 0.6 is 0 Å². The number of anilines is 3. The van der Waals surface area contributed by atoms with E-state index < -0.39 is 42.0 Å². The number of amides is 1. The Morgan fingerprint density at radius 2 is 2.03 bits per heavy atom. The van der Waals surface area contributed by atoms with Crippen molar-refractivity contribution in [3.05, 3.63) is 108 Å². The average molecular weight is 482 g/mol. The topological polar surface area (TPSA) is 97.6 Å². The van der Waals surface area contributed by atoms with Crippen LogP contribution in [0.25, 0.3) is 16.9 Å². The number of imidazole rings is 1. The Balaban J connectivity index is 1.56. The van der Waals surface area contributed by atoms with Crippen LogP contribution in [-0.2, 0) is 0 Å². The maximum Gasteiger partial charge on any atom is 0.255 e. The number of hydrogen-bond acceptors (Lipinski definition) is 6. The van der Waals surface area contributed by atoms with Gasteiger partial charge in [-0.3, -0.25) is 9.78 Å². The van der Waals surface area contributed by atoms with Crippen molar-refractivity contribution < 1.29 is 13.0 Å². The number of carbonyl (C=O) groups excluding carboxylic acids is 1. The third-order valence-corrected chi connectivity index (χ3v) is 5.22. The predicted octanol–water partition coefficient (Wildman–Crippen LogP) is 5.65. The van der Waals surface area contributed by atoms with Gasteiger partial charge in [-0.1, -0.05) is 6.04 Å². The molecule has 8 heteroatoms. The van der Waals surface area contributed by atoms with Crippen LogP contribution in [-0.4, -0.2) is 30.4 Å². The van der Waals surface area contributed by atoms with Gasteiger partial charge < -0.3 is 15.2 Å². The van der Waals surface area contributed by atoms with Crippen LogP contribution in [0.2, 0.25) is 0 Å². The third-order valence-electron chi connectivity index (χ3n) is 5.22. The lowest BCUT2D eigenvalue weighted by Gasteiger charge is -2.13. The molecular formula is C28H25N7O. The van der Waals surface area contributed by atoms with E-state index in [1.807, 2.05) is 26.1 Å². The van der Waals surface area contributed by atoms with Crippen molar-refractivity contribution in [1.82, 2.24) is 24.5 Å². The normalized spacial score (nSPS) is 13.5. The maximum atomic E-state index is 13.5. The van der Waals surface area contributed by atoms with Crippen molar-refractivity contribution in [2.24, 2.45) is 0 Å². The quantitative estimate of drug-likeness (QED) is 0.325. The minimum Gasteiger partial charge on any atom is -0.324 e. The molecule has 0 aliphatic rings. The molecule has 0 unspecified atom stereocenters. The van der Waals surface area contributed by atoms with E-state index in [1.54, 1.807) is 53.6 Å². The van der Waals surface area contributed by atoms with Crippen molar-refractivity contribution >= 4 is 23.2 Å². The molecule has 0 saturated carbocycles. The molecule has 0 radical (unpaired) electrons. The number of pyridine rings is 1. The molecule has 5 aromatic rings. The van der Waals surface area contributed by atoms with E-state index in [0.29, 0.717) is 16.9 Å². The summed E-state index contributed by atoms with van der Waals surface area (Å²) < 4.78 is 51.7. The van der Waals surface area contributed by atoms with E-state index in [9.17, 15) is 4.79 Å². The molecule has 0 bridgehead atoms. The van der Waals surface area contributed by atoms with Gasteiger partial charge in [0.25, 0.3) is 5.91 Å². The molecular weight excluding hydrogens is 450 g/mol. The summed E-state index contributed by atoms with van der Waals surface area (Å²) in [4.78, 5) is 30.4. The molecule has 5 rings (SSSR count). The molecule has 3 heterocycles. The Morgan fingerprint density at radius 3 is 2.81 bits per heavy atom. The molecule has 0 saturated heterocycles. The molecule has 1 amide bonds. The number of aromatic nitrogens is 5. The number of nitrogens with zero attached hydrogens (tertiary/aromatic N) is 5. The molecule has 0 aliphatic heterocycles. The molecule has 8 nitrogen and oxygen atoms in total. The summed E-state index contributed by atoms with van der Waals surface area (Å²) in [6.45, 7) is 0.826. The Morgan fingerprint density at radius 1 is 1.11 bits per heavy atom. The lowest BCUT2D eigenvalue weighted by Crippen LogP contribution is -2.13. The fourth-order valence-electron chi connectivity index (χ4n) is 3.56. The van der Waals surface area contributed by atoms with Crippen LogP contribution in [0.4, 0.5) is 17.3 Å². The molecule has 3 aromatic heterocycles. The lowest BCUT2D eigenvalue weighted by molar-refractivity contribution is 0.102. The molecule has 178 valence electrons. The summed E-state index contributed by atoms with van der Waals surface area (Å²) >= 11 is 0. The van der Waals surface area contributed by atoms with Gasteiger partial charge in [-0.15, -0.1) is 0 Å². The fourth-order valence-corrected chi connectivity index (χ4v) is 3.56. The third kappa shape index (κ3) is 5.12. The molecule has 2 aromatic carbocycles. The van der Waals surface area contributed by atoms with Crippen molar-refractivity contribution in [3.8, 4) is 16.9 Å². The second-order valence-corrected chi connectivity index (χ2v) is 8.07. The van der Waals surface area contributed by atoms with Crippen molar-refractivity contribution in [2.75, 3.05) is 10.6 Å². The highest BCUT2D eigenvalue weighted by molar-refractivity contribution is 6.05. The second-order valence-electron chi connectivity index (χ2n) is 8.07. The van der Waals surface area contributed by atoms with Gasteiger partial charge in [0.05, 0.1) is 21.8 Å². The average Bonchev–Trinajstić information content (AvgIpc) is 3.38. The summed E-state index contributed by atoms with van der Waals surface area (Å²) in [5.41, 5.74) is 2.50. The summed E-state index contributed by atoms with van der Waals surface area (Å²) in [5, 5.41) is 5.45. The number of benzene rings is 2. The number of aryl methyl sites for hydroxylation is 2. The predicted molar refractivity (Wildman–Crippen MR) is 141 cm³/mol. The van der Waals surface area contributed by atoms with Crippen molar-refractivity contribution in [3.63, 3.8) is 0 Å². The van der Waals surface area contributed by atoms with Crippen LogP contribution in [0.15, 0.2) is 85.6 Å². The minimum absolute atomic E-state index is 0.0576. The molecule has 2 N–H and O–H groups in total. The highest BCUT2D eigenvalue weighted by Gasteiger charge is 2.12. The van der Waals surface area contributed by atoms with E-state index in [4.69, 9.17) is 8.22 Å². The number of hydrogen-bond donors (Lipinski definition) is 2. The Bertz CT molecular complexity index is 1810. The molecule has 0 aliphatic carbocycles.